The summed E-state index contributed by atoms with van der Waals surface area (Å²) in [6.45, 7) is 3.69. The van der Waals surface area contributed by atoms with E-state index in [1.165, 1.54) is 49.5 Å². The number of nitrogens with one attached hydrogen (secondary N) is 12. The summed E-state index contributed by atoms with van der Waals surface area (Å²) < 4.78 is 30.0. The topological polar surface area (TPSA) is 604 Å². The number of esters is 1. The van der Waals surface area contributed by atoms with Gasteiger partial charge in [0.2, 0.25) is 65.0 Å². The van der Waals surface area contributed by atoms with Crippen molar-refractivity contribution in [2.45, 2.75) is 218 Å². The molecular weight excluding hydrogens is 1550 g/mol. The Labute approximate surface area is 678 Å². The molecule has 1 aliphatic rings. The van der Waals surface area contributed by atoms with Crippen LogP contribution in [0, 0.1) is 29.5 Å². The number of ketones is 4. The summed E-state index contributed by atoms with van der Waals surface area (Å²) in [4.78, 5) is 277. The standard InChI is InChI=1S/C78H108FN13O26/c1-7-10-12-13-14-15-16-22-65(101)87-56(26-46-34-82-53-24-23-48(79)30-51(46)53)76(113)89-55(33-64(80)100)62(98)27-45(29-69(106)107)72(109)92-70-44(6)118-78(115)57(32-60(96)49-19-17-18-21-52(49)81-9-3)90-74(111)50(42(4)25-68(104)105)31-63(99)58(37-93)88-67(103)35-83-75(112)59(39-117-41-95)91-71(108)43(5)85-73(110)47(38-116-40-94)28-61(97)54(20-11-8-2)86-66(102)36-84-77(70)114/h17-19,21,23-24,30,34,40-45,47,50,54-59,70,81-82,93H,7-16,20,22,25-29,31-33,35-39H2,1-6H3,(H2,80,100)(H,83,112)(H,84,114)(H,85,110)(H,86,102)(H,87,101)(H,88,103)(H,89,113)(H,90,111)(H,91,108)(H,92,109)(H,104,105)(H,106,107)/t42-,43-,44-,45+,47+,50+,54+,55-,56+,57+,58-,59+,70+/m1/s1. The lowest BCUT2D eigenvalue weighted by Crippen LogP contribution is -2.57. The Hall–Kier alpha value is -12.1. The number of para-hydroxylation sites is 1. The monoisotopic (exact) mass is 1660 g/mol. The molecule has 0 bridgehead atoms. The SMILES string of the molecule is CCCCCCCCCC(=O)N[C@@H](Cc1c[nH]c2ccc(F)cc12)C(=O)N[C@H](CC(N)=O)C(=O)C[C@@H](CC(=O)O)C(=O)N[C@@H]1C(=O)NCC(=O)N[C@@H](CCCC)C(=O)C[C@@H](COC=O)C(=O)N[C@H](C)C(=O)N[C@@H](COC=O)C(=O)NCC(=O)N[C@H](CO)C(=O)C[C@@H]([C@H](C)CC(=O)O)C(=O)N[C@@H](CC(=O)c2ccccc2NCC)C(=O)O[C@@H]1C. The number of nitrogens with two attached hydrogens (primary N) is 1. The number of amides is 11. The van der Waals surface area contributed by atoms with Gasteiger partial charge in [0.05, 0.1) is 56.5 Å². The number of primary amides is 1. The molecule has 4 rings (SSSR count). The molecule has 1 aliphatic heterocycles. The van der Waals surface area contributed by atoms with Crippen LogP contribution in [0.4, 0.5) is 10.1 Å². The minimum absolute atomic E-state index is 0.0502. The summed E-state index contributed by atoms with van der Waals surface area (Å²) in [5.74, 6) is -29.9. The van der Waals surface area contributed by atoms with Crippen molar-refractivity contribution in [2.24, 2.45) is 29.4 Å². The van der Waals surface area contributed by atoms with Gasteiger partial charge in [0, 0.05) is 85.8 Å². The lowest BCUT2D eigenvalue weighted by Gasteiger charge is -2.29. The van der Waals surface area contributed by atoms with Crippen molar-refractivity contribution in [2.75, 3.05) is 44.8 Å². The van der Waals surface area contributed by atoms with E-state index in [0.29, 0.717) is 35.7 Å². The normalized spacial score (nSPS) is 21.0. The molecule has 11 amide bonds. The quantitative estimate of drug-likeness (QED) is 0.0112. The molecule has 2 aromatic carbocycles. The van der Waals surface area contributed by atoms with Crippen LogP contribution in [-0.4, -0.2) is 233 Å². The number of rotatable bonds is 40. The highest BCUT2D eigenvalue weighted by Gasteiger charge is 2.41. The zero-order valence-electron chi connectivity index (χ0n) is 66.6. The number of unbranched alkanes of at least 4 members (excludes halogenated alkanes) is 7. The van der Waals surface area contributed by atoms with Crippen molar-refractivity contribution in [1.82, 2.24) is 58.2 Å². The molecule has 1 fully saturated rings. The number of H-pyrrole nitrogens is 1. The molecule has 3 aromatic rings. The Morgan fingerprint density at radius 1 is 0.653 bits per heavy atom. The number of aliphatic carboxylic acids is 2. The van der Waals surface area contributed by atoms with Crippen LogP contribution in [-0.2, 0) is 112 Å². The van der Waals surface area contributed by atoms with E-state index in [4.69, 9.17) is 19.9 Å². The van der Waals surface area contributed by atoms with Crippen LogP contribution in [0.1, 0.15) is 173 Å². The van der Waals surface area contributed by atoms with Crippen LogP contribution in [0.5, 0.6) is 0 Å². The largest absolute Gasteiger partial charge is 0.481 e. The summed E-state index contributed by atoms with van der Waals surface area (Å²) in [5, 5.41) is 57.0. The highest BCUT2D eigenvalue weighted by atomic mass is 19.1. The number of carboxylic acids is 2. The molecule has 40 heteroatoms. The maximum absolute atomic E-state index is 15.0. The first kappa shape index (κ1) is 98.2. The number of aliphatic hydroxyl groups is 1. The van der Waals surface area contributed by atoms with Crippen LogP contribution in [0.2, 0.25) is 0 Å². The molecule has 1 saturated heterocycles. The number of benzene rings is 2. The maximum atomic E-state index is 15.0. The Balaban J connectivity index is 1.90. The van der Waals surface area contributed by atoms with Crippen LogP contribution in [0.25, 0.3) is 10.9 Å². The average Bonchev–Trinajstić information content (AvgIpc) is 1.28. The fourth-order valence-electron chi connectivity index (χ4n) is 12.8. The van der Waals surface area contributed by atoms with E-state index >= 15 is 4.79 Å². The zero-order valence-corrected chi connectivity index (χ0v) is 66.6. The van der Waals surface area contributed by atoms with Gasteiger partial charge in [-0.05, 0) is 75.4 Å². The lowest BCUT2D eigenvalue weighted by molar-refractivity contribution is -0.156. The number of anilines is 1. The summed E-state index contributed by atoms with van der Waals surface area (Å²) in [7, 11) is 0. The number of aromatic nitrogens is 1. The molecule has 0 saturated carbocycles. The van der Waals surface area contributed by atoms with Crippen molar-refractivity contribution in [3.8, 4) is 0 Å². The van der Waals surface area contributed by atoms with Gasteiger partial charge in [-0.1, -0.05) is 84.3 Å². The number of carboxylic acid groups (broad SMARTS) is 2. The Morgan fingerprint density at radius 3 is 1.91 bits per heavy atom. The van der Waals surface area contributed by atoms with E-state index in [1.807, 2.05) is 0 Å². The zero-order chi connectivity index (χ0) is 87.7. The number of aliphatic hydroxyl groups excluding tert-OH is 1. The Bertz CT molecular complexity index is 4060. The van der Waals surface area contributed by atoms with Crippen LogP contribution >= 0.6 is 0 Å². The summed E-state index contributed by atoms with van der Waals surface area (Å²) in [6, 6.07) is -5.44. The third kappa shape index (κ3) is 33.6. The van der Waals surface area contributed by atoms with Crippen molar-refractivity contribution in [3.63, 3.8) is 0 Å². The molecule has 0 radical (unpaired) electrons. The van der Waals surface area contributed by atoms with Gasteiger partial charge in [-0.3, -0.25) is 91.1 Å². The Kier molecular flexibility index (Phi) is 42.5. The van der Waals surface area contributed by atoms with Gasteiger partial charge in [0.15, 0.2) is 23.1 Å². The molecule has 13 atom stereocenters. The first-order valence-corrected chi connectivity index (χ1v) is 38.9. The molecule has 118 heavy (non-hydrogen) atoms. The van der Waals surface area contributed by atoms with Gasteiger partial charge in [0.25, 0.3) is 12.9 Å². The van der Waals surface area contributed by atoms with E-state index in [2.05, 4.69) is 70.4 Å². The number of carbonyl (C=O) groups excluding carboxylic acids is 18. The molecule has 0 aliphatic carbocycles. The minimum Gasteiger partial charge on any atom is -0.481 e. The average molecular weight is 1660 g/mol. The van der Waals surface area contributed by atoms with Gasteiger partial charge >= 0.3 is 17.9 Å². The molecule has 39 nitrogen and oxygen atoms in total. The summed E-state index contributed by atoms with van der Waals surface area (Å²) in [5.41, 5.74) is 6.50. The Morgan fingerprint density at radius 2 is 1.27 bits per heavy atom. The first-order chi connectivity index (χ1) is 56.1. The third-order valence-electron chi connectivity index (χ3n) is 19.3. The number of cyclic esters (lactones) is 1. The molecule has 0 spiro atoms. The van der Waals surface area contributed by atoms with E-state index in [-0.39, 0.29) is 56.4 Å². The van der Waals surface area contributed by atoms with Crippen molar-refractivity contribution < 1.29 is 130 Å². The van der Waals surface area contributed by atoms with Gasteiger partial charge in [-0.2, -0.15) is 0 Å². The smallest absolute Gasteiger partial charge is 0.329 e. The predicted molar refractivity (Wildman–Crippen MR) is 414 cm³/mol. The van der Waals surface area contributed by atoms with Gasteiger partial charge in [-0.25, -0.2) is 9.18 Å². The number of ether oxygens (including phenoxy) is 3. The summed E-state index contributed by atoms with van der Waals surface area (Å²) >= 11 is 0. The second kappa shape index (κ2) is 51.1. The minimum atomic E-state index is -2.36. The number of Topliss-reactive ketones (excluding diaryl/α,β-unsaturated/α-hetero) is 4. The van der Waals surface area contributed by atoms with Crippen molar-refractivity contribution in [1.29, 1.82) is 0 Å². The molecular formula is C78H108FN13O26. The van der Waals surface area contributed by atoms with Crippen LogP contribution < -0.4 is 64.2 Å². The fourth-order valence-corrected chi connectivity index (χ4v) is 12.8. The van der Waals surface area contributed by atoms with E-state index < -0.39 is 268 Å². The molecule has 0 unspecified atom stereocenters. The van der Waals surface area contributed by atoms with Gasteiger partial charge in [0.1, 0.15) is 61.4 Å². The highest BCUT2D eigenvalue weighted by molar-refractivity contribution is 6.05. The number of halogens is 1. The molecule has 1 aromatic heterocycles. The van der Waals surface area contributed by atoms with Crippen molar-refractivity contribution in [3.05, 3.63) is 65.6 Å². The summed E-state index contributed by atoms with van der Waals surface area (Å²) in [6.07, 6.45) is -2.01. The van der Waals surface area contributed by atoms with Gasteiger partial charge in [-0.15, -0.1) is 0 Å². The number of hydrogen-bond acceptors (Lipinski definition) is 25. The lowest BCUT2D eigenvalue weighted by atomic mass is 9.84. The van der Waals surface area contributed by atoms with Crippen LogP contribution in [0.15, 0.2) is 48.7 Å². The van der Waals surface area contributed by atoms with Crippen molar-refractivity contribution >= 4 is 136 Å². The molecule has 2 heterocycles. The van der Waals surface area contributed by atoms with E-state index in [0.717, 1.165) is 46.0 Å². The van der Waals surface area contributed by atoms with E-state index in [1.54, 1.807) is 19.9 Å². The van der Waals surface area contributed by atoms with Gasteiger partial charge < -0.3 is 98.7 Å². The third-order valence-corrected chi connectivity index (χ3v) is 19.3. The second-order valence-corrected chi connectivity index (χ2v) is 28.7. The highest BCUT2D eigenvalue weighted by Crippen LogP contribution is 2.26. The second-order valence-electron chi connectivity index (χ2n) is 28.7. The van der Waals surface area contributed by atoms with E-state index in [9.17, 15) is 111 Å². The molecule has 17 N–H and O–H groups in total. The number of hydrogen-bond donors (Lipinski definition) is 16. The number of fused-ring (bicyclic) bond motifs is 1. The first-order valence-electron chi connectivity index (χ1n) is 38.9. The number of aromatic amines is 1. The predicted octanol–water partition coefficient (Wildman–Crippen LogP) is -0.513. The van der Waals surface area contributed by atoms with Crippen LogP contribution in [0.3, 0.4) is 0 Å². The number of carbonyl (C=O) groups is 20. The molecule has 648 valence electrons. The maximum Gasteiger partial charge on any atom is 0.329 e. The fraction of sp³-hybridized carbons (Fsp3) is 0.564.